The third-order valence-electron chi connectivity index (χ3n) is 6.70. The Labute approximate surface area is 210 Å². The van der Waals surface area contributed by atoms with Crippen LogP contribution < -0.4 is 5.32 Å². The molecule has 9 heteroatoms. The Bertz CT molecular complexity index is 1380. The van der Waals surface area contributed by atoms with Gasteiger partial charge in [-0.15, -0.1) is 0 Å². The number of carbonyl (C=O) groups is 1. The molecule has 1 aromatic carbocycles. The molecule has 4 aromatic rings. The van der Waals surface area contributed by atoms with Crippen LogP contribution in [0.15, 0.2) is 41.3 Å². The molecule has 36 heavy (non-hydrogen) atoms. The second kappa shape index (κ2) is 9.81. The van der Waals surface area contributed by atoms with E-state index in [1.807, 2.05) is 44.3 Å². The van der Waals surface area contributed by atoms with Crippen molar-refractivity contribution in [1.29, 1.82) is 0 Å². The first-order valence-electron chi connectivity index (χ1n) is 12.5. The predicted molar refractivity (Wildman–Crippen MR) is 137 cm³/mol. The highest BCUT2D eigenvalue weighted by Gasteiger charge is 2.24. The van der Waals surface area contributed by atoms with Crippen molar-refractivity contribution in [3.63, 3.8) is 0 Å². The minimum atomic E-state index is -0.357. The summed E-state index contributed by atoms with van der Waals surface area (Å²) in [6, 6.07) is 8.37. The van der Waals surface area contributed by atoms with Crippen molar-refractivity contribution in [1.82, 2.24) is 35.0 Å². The molecule has 1 amide bonds. The lowest BCUT2D eigenvalue weighted by molar-refractivity contribution is 0.0937. The number of benzene rings is 1. The molecule has 4 heterocycles. The third-order valence-corrected chi connectivity index (χ3v) is 6.70. The van der Waals surface area contributed by atoms with Crippen molar-refractivity contribution < 1.29 is 9.32 Å². The zero-order valence-electron chi connectivity index (χ0n) is 21.4. The average molecular weight is 488 g/mol. The van der Waals surface area contributed by atoms with Crippen LogP contribution in [-0.4, -0.2) is 55.2 Å². The van der Waals surface area contributed by atoms with Crippen molar-refractivity contribution in [2.24, 2.45) is 0 Å². The van der Waals surface area contributed by atoms with Gasteiger partial charge >= 0.3 is 0 Å². The van der Waals surface area contributed by atoms with Crippen molar-refractivity contribution >= 4 is 11.4 Å². The maximum absolute atomic E-state index is 12.5. The van der Waals surface area contributed by atoms with Crippen LogP contribution in [-0.2, 0) is 18.4 Å². The molecule has 0 bridgehead atoms. The Kier molecular flexibility index (Phi) is 6.57. The molecule has 3 aromatic heterocycles. The second-order valence-corrected chi connectivity index (χ2v) is 10.6. The van der Waals surface area contributed by atoms with Crippen LogP contribution in [0.25, 0.3) is 16.8 Å². The van der Waals surface area contributed by atoms with Crippen LogP contribution in [0.4, 0.5) is 0 Å². The van der Waals surface area contributed by atoms with Crippen LogP contribution in [0.3, 0.4) is 0 Å². The van der Waals surface area contributed by atoms with Crippen LogP contribution >= 0.6 is 0 Å². The molecule has 1 aliphatic rings. The number of nitrogens with zero attached hydrogens (tertiary/aromatic N) is 6. The quantitative estimate of drug-likeness (QED) is 0.421. The summed E-state index contributed by atoms with van der Waals surface area (Å²) in [5.41, 5.74) is 5.97. The van der Waals surface area contributed by atoms with Crippen LogP contribution in [0, 0.1) is 6.92 Å². The summed E-state index contributed by atoms with van der Waals surface area (Å²) < 4.78 is 7.15. The maximum atomic E-state index is 12.5. The Balaban J connectivity index is 1.28. The number of aryl methyl sites for hydroxylation is 1. The summed E-state index contributed by atoms with van der Waals surface area (Å²) >= 11 is 0. The van der Waals surface area contributed by atoms with Crippen molar-refractivity contribution in [2.45, 2.75) is 58.9 Å². The second-order valence-electron chi connectivity index (χ2n) is 10.6. The molecule has 1 N–H and O–H groups in total. The Morgan fingerprint density at radius 3 is 2.69 bits per heavy atom. The van der Waals surface area contributed by atoms with Gasteiger partial charge in [0.15, 0.2) is 0 Å². The van der Waals surface area contributed by atoms with Crippen molar-refractivity contribution in [3.8, 4) is 11.3 Å². The van der Waals surface area contributed by atoms with Crippen LogP contribution in [0.5, 0.6) is 0 Å². The molecule has 1 aliphatic heterocycles. The molecule has 5 rings (SSSR count). The van der Waals surface area contributed by atoms with E-state index in [1.165, 1.54) is 31.5 Å². The van der Waals surface area contributed by atoms with Gasteiger partial charge in [-0.05, 0) is 68.1 Å². The smallest absolute Gasteiger partial charge is 0.292 e. The third kappa shape index (κ3) is 5.16. The van der Waals surface area contributed by atoms with E-state index in [-0.39, 0.29) is 17.1 Å². The fourth-order valence-corrected chi connectivity index (χ4v) is 4.55. The van der Waals surface area contributed by atoms with Gasteiger partial charge in [0.25, 0.3) is 11.7 Å². The summed E-state index contributed by atoms with van der Waals surface area (Å²) in [6.07, 6.45) is 7.34. The number of amides is 1. The van der Waals surface area contributed by atoms with Gasteiger partial charge in [0, 0.05) is 30.3 Å². The Morgan fingerprint density at radius 2 is 1.97 bits per heavy atom. The molecule has 0 unspecified atom stereocenters. The number of hydrogen-bond donors (Lipinski definition) is 1. The summed E-state index contributed by atoms with van der Waals surface area (Å²) in [5.74, 6) is 0.130. The fourth-order valence-electron chi connectivity index (χ4n) is 4.55. The molecule has 188 valence electrons. The van der Waals surface area contributed by atoms with E-state index in [2.05, 4.69) is 48.8 Å². The first-order chi connectivity index (χ1) is 17.3. The summed E-state index contributed by atoms with van der Waals surface area (Å²) in [7, 11) is 0. The minimum Gasteiger partial charge on any atom is -0.345 e. The van der Waals surface area contributed by atoms with E-state index >= 15 is 0 Å². The van der Waals surface area contributed by atoms with Gasteiger partial charge in [0.1, 0.15) is 6.33 Å². The predicted octanol–water partition coefficient (Wildman–Crippen LogP) is 3.95. The topological polar surface area (TPSA) is 101 Å². The van der Waals surface area contributed by atoms with Crippen LogP contribution in [0.2, 0.25) is 0 Å². The highest BCUT2D eigenvalue weighted by molar-refractivity contribution is 5.90. The van der Waals surface area contributed by atoms with E-state index in [1.54, 1.807) is 6.33 Å². The van der Waals surface area contributed by atoms with E-state index < -0.39 is 0 Å². The molecule has 1 saturated heterocycles. The van der Waals surface area contributed by atoms with Gasteiger partial charge in [-0.25, -0.2) is 9.50 Å². The SMILES string of the molecule is Cc1cc(-c2ncnn3cc(CCN4CCCC4)cc23)ccc1CNC(=O)c1noc(C(C)(C)C)n1. The summed E-state index contributed by atoms with van der Waals surface area (Å²) in [5, 5.41) is 11.1. The summed E-state index contributed by atoms with van der Waals surface area (Å²) in [4.78, 5) is 23.9. The Hall–Kier alpha value is -3.59. The van der Waals surface area contributed by atoms with Gasteiger partial charge in [-0.2, -0.15) is 10.1 Å². The van der Waals surface area contributed by atoms with Crippen molar-refractivity contribution in [3.05, 3.63) is 65.2 Å². The normalized spacial score (nSPS) is 14.6. The number of fused-ring (bicyclic) bond motifs is 1. The zero-order chi connectivity index (χ0) is 25.3. The highest BCUT2D eigenvalue weighted by Crippen LogP contribution is 2.26. The molecule has 9 nitrogen and oxygen atoms in total. The average Bonchev–Trinajstić information content (AvgIpc) is 3.61. The number of hydrogen-bond acceptors (Lipinski definition) is 7. The van der Waals surface area contributed by atoms with Gasteiger partial charge < -0.3 is 14.7 Å². The van der Waals surface area contributed by atoms with Gasteiger partial charge in [0.2, 0.25) is 5.89 Å². The van der Waals surface area contributed by atoms with Gasteiger partial charge in [0.05, 0.1) is 11.2 Å². The first kappa shape index (κ1) is 24.1. The van der Waals surface area contributed by atoms with Gasteiger partial charge in [-0.3, -0.25) is 4.79 Å². The number of carbonyl (C=O) groups excluding carboxylic acids is 1. The highest BCUT2D eigenvalue weighted by atomic mass is 16.5. The number of rotatable bonds is 7. The molecular formula is C27H33N7O2. The van der Waals surface area contributed by atoms with Crippen LogP contribution in [0.1, 0.15) is 66.8 Å². The number of nitrogens with one attached hydrogen (secondary N) is 1. The molecule has 0 radical (unpaired) electrons. The molecule has 0 saturated carbocycles. The molecular weight excluding hydrogens is 454 g/mol. The lowest BCUT2D eigenvalue weighted by Gasteiger charge is -2.12. The largest absolute Gasteiger partial charge is 0.345 e. The van der Waals surface area contributed by atoms with E-state index in [0.717, 1.165) is 40.9 Å². The molecule has 1 fully saturated rings. The van der Waals surface area contributed by atoms with E-state index in [4.69, 9.17) is 4.52 Å². The maximum Gasteiger partial charge on any atom is 0.292 e. The standard InChI is InChI=1S/C27H33N7O2/c1-18-13-20(7-8-21(18)15-28-25(35)24-31-26(36-32-24)27(2,3)4)23-22-14-19(16-34(22)30-17-29-23)9-12-33-10-5-6-11-33/h7-8,13-14,16-17H,5-6,9-12,15H2,1-4H3,(H,28,35). The minimum absolute atomic E-state index is 0.0475. The Morgan fingerprint density at radius 1 is 1.17 bits per heavy atom. The first-order valence-corrected chi connectivity index (χ1v) is 12.5. The fraction of sp³-hybridized carbons (Fsp3) is 0.444. The van der Waals surface area contributed by atoms with E-state index in [0.29, 0.717) is 12.4 Å². The van der Waals surface area contributed by atoms with Crippen molar-refractivity contribution in [2.75, 3.05) is 19.6 Å². The lowest BCUT2D eigenvalue weighted by Crippen LogP contribution is -2.24. The van der Waals surface area contributed by atoms with Gasteiger partial charge in [-0.1, -0.05) is 38.1 Å². The lowest BCUT2D eigenvalue weighted by atomic mass is 9.97. The monoisotopic (exact) mass is 487 g/mol. The summed E-state index contributed by atoms with van der Waals surface area (Å²) in [6.45, 7) is 11.8. The molecule has 0 aliphatic carbocycles. The number of aromatic nitrogens is 5. The molecule has 0 spiro atoms. The zero-order valence-corrected chi connectivity index (χ0v) is 21.4. The van der Waals surface area contributed by atoms with E-state index in [9.17, 15) is 4.79 Å². The molecule has 0 atom stereocenters. The number of likely N-dealkylation sites (tertiary alicyclic amines) is 1.